The second-order valence-electron chi connectivity index (χ2n) is 6.06. The predicted molar refractivity (Wildman–Crippen MR) is 109 cm³/mol. The van der Waals surface area contributed by atoms with Crippen molar-refractivity contribution in [2.24, 2.45) is 0 Å². The fourth-order valence-corrected chi connectivity index (χ4v) is 3.29. The van der Waals surface area contributed by atoms with Crippen molar-refractivity contribution in [2.45, 2.75) is 23.5 Å². The van der Waals surface area contributed by atoms with Crippen LogP contribution < -0.4 is 10.6 Å². The van der Waals surface area contributed by atoms with Crippen molar-refractivity contribution in [3.63, 3.8) is 0 Å². The fourth-order valence-electron chi connectivity index (χ4n) is 2.45. The Labute approximate surface area is 167 Å². The molecule has 7 heteroatoms. The lowest BCUT2D eigenvalue weighted by molar-refractivity contribution is -0.116. The van der Waals surface area contributed by atoms with Crippen LogP contribution in [0.3, 0.4) is 0 Å². The third-order valence-corrected chi connectivity index (χ3v) is 4.96. The van der Waals surface area contributed by atoms with E-state index in [4.69, 9.17) is 4.42 Å². The molecule has 6 nitrogen and oxygen atoms in total. The summed E-state index contributed by atoms with van der Waals surface area (Å²) >= 11 is 1.72. The Morgan fingerprint density at radius 1 is 1.07 bits per heavy atom. The number of anilines is 1. The van der Waals surface area contributed by atoms with Gasteiger partial charge in [-0.25, -0.2) is 0 Å². The first kappa shape index (κ1) is 19.7. The highest BCUT2D eigenvalue weighted by Crippen LogP contribution is 2.24. The van der Waals surface area contributed by atoms with E-state index >= 15 is 0 Å². The van der Waals surface area contributed by atoms with Crippen molar-refractivity contribution in [3.8, 4) is 0 Å². The van der Waals surface area contributed by atoms with Crippen LogP contribution in [0, 0.1) is 0 Å². The highest BCUT2D eigenvalue weighted by Gasteiger charge is 2.08. The maximum Gasteiger partial charge on any atom is 0.286 e. The van der Waals surface area contributed by atoms with Crippen molar-refractivity contribution < 1.29 is 14.0 Å². The third kappa shape index (κ3) is 6.28. The van der Waals surface area contributed by atoms with Crippen LogP contribution in [0.25, 0.3) is 0 Å². The SMILES string of the molecule is O=C(CCCNC(=O)c1ccco1)Nc1ccc(SCc2cccnc2)cc1. The van der Waals surface area contributed by atoms with Gasteiger partial charge in [0.25, 0.3) is 5.91 Å². The molecule has 2 aromatic heterocycles. The number of rotatable bonds is 9. The molecule has 2 amide bonds. The molecule has 0 atom stereocenters. The number of thioether (sulfide) groups is 1. The highest BCUT2D eigenvalue weighted by molar-refractivity contribution is 7.98. The number of carbonyl (C=O) groups is 2. The molecule has 0 unspecified atom stereocenters. The second kappa shape index (κ2) is 10.3. The van der Waals surface area contributed by atoms with E-state index in [1.807, 2.05) is 42.6 Å². The molecule has 1 aromatic carbocycles. The number of benzene rings is 1. The molecule has 3 aromatic rings. The van der Waals surface area contributed by atoms with Gasteiger partial charge in [0.05, 0.1) is 6.26 Å². The predicted octanol–water partition coefficient (Wildman–Crippen LogP) is 4.12. The standard InChI is InChI=1S/C21H21N3O3S/c25-20(6-2-12-23-21(26)19-5-3-13-27-19)24-17-7-9-18(10-8-17)28-15-16-4-1-11-22-14-16/h1,3-5,7-11,13-14H,2,6,12,15H2,(H,23,26)(H,24,25). The molecule has 0 saturated heterocycles. The molecule has 3 rings (SSSR count). The number of hydrogen-bond acceptors (Lipinski definition) is 5. The molecule has 0 spiro atoms. The van der Waals surface area contributed by atoms with Gasteiger partial charge in [-0.1, -0.05) is 6.07 Å². The number of carbonyl (C=O) groups excluding carboxylic acids is 2. The normalized spacial score (nSPS) is 10.4. The summed E-state index contributed by atoms with van der Waals surface area (Å²) in [6, 6.07) is 15.0. The van der Waals surface area contributed by atoms with Gasteiger partial charge in [-0.05, 0) is 54.4 Å². The van der Waals surface area contributed by atoms with E-state index in [1.165, 1.54) is 11.8 Å². The number of pyridine rings is 1. The van der Waals surface area contributed by atoms with Crippen molar-refractivity contribution in [1.82, 2.24) is 10.3 Å². The van der Waals surface area contributed by atoms with Gasteiger partial charge in [-0.2, -0.15) is 0 Å². The minimum Gasteiger partial charge on any atom is -0.459 e. The van der Waals surface area contributed by atoms with Gasteiger partial charge < -0.3 is 15.1 Å². The zero-order chi connectivity index (χ0) is 19.6. The summed E-state index contributed by atoms with van der Waals surface area (Å²) in [7, 11) is 0. The van der Waals surface area contributed by atoms with Crippen molar-refractivity contribution >= 4 is 29.3 Å². The first-order valence-corrected chi connectivity index (χ1v) is 9.92. The van der Waals surface area contributed by atoms with Gasteiger partial charge >= 0.3 is 0 Å². The van der Waals surface area contributed by atoms with E-state index in [1.54, 1.807) is 30.1 Å². The van der Waals surface area contributed by atoms with E-state index in [2.05, 4.69) is 15.6 Å². The molecular weight excluding hydrogens is 374 g/mol. The zero-order valence-electron chi connectivity index (χ0n) is 15.3. The number of nitrogens with one attached hydrogen (secondary N) is 2. The van der Waals surface area contributed by atoms with Crippen LogP contribution in [-0.2, 0) is 10.5 Å². The van der Waals surface area contributed by atoms with Crippen molar-refractivity contribution in [3.05, 3.63) is 78.5 Å². The molecule has 0 aliphatic carbocycles. The Bertz CT molecular complexity index is 881. The van der Waals surface area contributed by atoms with Crippen molar-refractivity contribution in [2.75, 3.05) is 11.9 Å². The van der Waals surface area contributed by atoms with E-state index in [9.17, 15) is 9.59 Å². The highest BCUT2D eigenvalue weighted by atomic mass is 32.2. The number of furan rings is 1. The molecule has 0 saturated carbocycles. The van der Waals surface area contributed by atoms with Crippen LogP contribution in [-0.4, -0.2) is 23.3 Å². The molecule has 2 N–H and O–H groups in total. The summed E-state index contributed by atoms with van der Waals surface area (Å²) in [6.07, 6.45) is 5.95. The molecule has 144 valence electrons. The van der Waals surface area contributed by atoms with Crippen LogP contribution >= 0.6 is 11.8 Å². The van der Waals surface area contributed by atoms with Crippen LogP contribution in [0.4, 0.5) is 5.69 Å². The zero-order valence-corrected chi connectivity index (χ0v) is 16.1. The molecule has 0 aliphatic rings. The summed E-state index contributed by atoms with van der Waals surface area (Å²) in [6.45, 7) is 0.414. The molecule has 28 heavy (non-hydrogen) atoms. The Kier molecular flexibility index (Phi) is 7.26. The largest absolute Gasteiger partial charge is 0.459 e. The average molecular weight is 395 g/mol. The summed E-state index contributed by atoms with van der Waals surface area (Å²) < 4.78 is 5.01. The van der Waals surface area contributed by atoms with Gasteiger partial charge in [0.15, 0.2) is 5.76 Å². The molecule has 2 heterocycles. The summed E-state index contributed by atoms with van der Waals surface area (Å²) in [5, 5.41) is 5.59. The Morgan fingerprint density at radius 3 is 2.64 bits per heavy atom. The first-order valence-electron chi connectivity index (χ1n) is 8.94. The van der Waals surface area contributed by atoms with Crippen molar-refractivity contribution in [1.29, 1.82) is 0 Å². The molecule has 0 bridgehead atoms. The lowest BCUT2D eigenvalue weighted by Crippen LogP contribution is -2.25. The number of nitrogens with zero attached hydrogens (tertiary/aromatic N) is 1. The van der Waals surface area contributed by atoms with Crippen LogP contribution in [0.15, 0.2) is 76.5 Å². The minimum atomic E-state index is -0.273. The number of amides is 2. The molecular formula is C21H21N3O3S. The Balaban J connectivity index is 1.35. The lowest BCUT2D eigenvalue weighted by atomic mass is 10.2. The van der Waals surface area contributed by atoms with Gasteiger partial charge in [-0.15, -0.1) is 11.8 Å². The van der Waals surface area contributed by atoms with Gasteiger partial charge in [-0.3, -0.25) is 14.6 Å². The minimum absolute atomic E-state index is 0.0805. The van der Waals surface area contributed by atoms with E-state index in [0.717, 1.165) is 16.3 Å². The lowest BCUT2D eigenvalue weighted by Gasteiger charge is -2.07. The van der Waals surface area contributed by atoms with Gasteiger partial charge in [0.2, 0.25) is 5.91 Å². The Hall–Kier alpha value is -3.06. The van der Waals surface area contributed by atoms with Crippen LogP contribution in [0.2, 0.25) is 0 Å². The summed E-state index contributed by atoms with van der Waals surface area (Å²) in [5.74, 6) is 0.766. The monoisotopic (exact) mass is 395 g/mol. The topological polar surface area (TPSA) is 84.2 Å². The molecule has 0 radical (unpaired) electrons. The van der Waals surface area contributed by atoms with E-state index < -0.39 is 0 Å². The smallest absolute Gasteiger partial charge is 0.286 e. The Morgan fingerprint density at radius 2 is 1.93 bits per heavy atom. The maximum atomic E-state index is 12.0. The maximum absolute atomic E-state index is 12.0. The van der Waals surface area contributed by atoms with E-state index in [0.29, 0.717) is 19.4 Å². The average Bonchev–Trinajstić information content (AvgIpc) is 3.26. The fraction of sp³-hybridized carbons (Fsp3) is 0.190. The number of aromatic nitrogens is 1. The van der Waals surface area contributed by atoms with Gasteiger partial charge in [0.1, 0.15) is 0 Å². The third-order valence-electron chi connectivity index (χ3n) is 3.88. The quantitative estimate of drug-likeness (QED) is 0.421. The summed E-state index contributed by atoms with van der Waals surface area (Å²) in [5.41, 5.74) is 1.93. The van der Waals surface area contributed by atoms with Gasteiger partial charge in [0, 0.05) is 41.7 Å². The molecule has 0 fully saturated rings. The van der Waals surface area contributed by atoms with Crippen LogP contribution in [0.1, 0.15) is 29.0 Å². The number of hydrogen-bond donors (Lipinski definition) is 2. The molecule has 0 aliphatic heterocycles. The van der Waals surface area contributed by atoms with E-state index in [-0.39, 0.29) is 17.6 Å². The summed E-state index contributed by atoms with van der Waals surface area (Å²) in [4.78, 5) is 29.0. The second-order valence-corrected chi connectivity index (χ2v) is 7.11. The first-order chi connectivity index (χ1) is 13.7. The van der Waals surface area contributed by atoms with Crippen LogP contribution in [0.5, 0.6) is 0 Å².